The van der Waals surface area contributed by atoms with Crippen molar-refractivity contribution in [1.82, 2.24) is 4.57 Å². The van der Waals surface area contributed by atoms with E-state index in [1.807, 2.05) is 12.1 Å². The van der Waals surface area contributed by atoms with Gasteiger partial charge in [-0.05, 0) is 25.5 Å². The highest BCUT2D eigenvalue weighted by molar-refractivity contribution is 5.43. The maximum absolute atomic E-state index is 2.16. The van der Waals surface area contributed by atoms with Crippen LogP contribution >= 0.6 is 0 Å². The van der Waals surface area contributed by atoms with Crippen molar-refractivity contribution in [3.05, 3.63) is 30.6 Å². The van der Waals surface area contributed by atoms with Gasteiger partial charge in [0.1, 0.15) is 0 Å². The highest BCUT2D eigenvalue weighted by Gasteiger charge is 1.91. The summed E-state index contributed by atoms with van der Waals surface area (Å²) < 4.78 is 2.14. The summed E-state index contributed by atoms with van der Waals surface area (Å²) in [6.45, 7) is 4.23. The second-order valence-corrected chi connectivity index (χ2v) is 2.22. The molecule has 1 heterocycles. The molecule has 54 valence electrons. The minimum Gasteiger partial charge on any atom is -0.328 e. The van der Waals surface area contributed by atoms with E-state index in [1.54, 1.807) is 0 Å². The Kier molecular flexibility index (Phi) is 2.32. The molecule has 0 spiro atoms. The van der Waals surface area contributed by atoms with E-state index in [4.69, 9.17) is 0 Å². The Balaban J connectivity index is 2.85. The fraction of sp³-hybridized carbons (Fsp3) is 0.333. The van der Waals surface area contributed by atoms with Gasteiger partial charge in [-0.3, -0.25) is 0 Å². The summed E-state index contributed by atoms with van der Waals surface area (Å²) in [7, 11) is 0. The van der Waals surface area contributed by atoms with Crippen LogP contribution in [0.15, 0.2) is 30.6 Å². The van der Waals surface area contributed by atoms with Gasteiger partial charge in [0.05, 0.1) is 0 Å². The zero-order chi connectivity index (χ0) is 7.40. The smallest absolute Gasteiger partial charge is 0.0175 e. The molecule has 0 unspecified atom stereocenters. The predicted octanol–water partition coefficient (Wildman–Crippen LogP) is 2.76. The molecule has 0 amide bonds. The van der Waals surface area contributed by atoms with Gasteiger partial charge in [-0.2, -0.15) is 0 Å². The highest BCUT2D eigenvalue weighted by Crippen LogP contribution is 2.07. The van der Waals surface area contributed by atoms with Gasteiger partial charge < -0.3 is 4.57 Å². The molecule has 1 heteroatoms. The van der Waals surface area contributed by atoms with Crippen molar-refractivity contribution in [2.75, 3.05) is 0 Å². The number of nitrogens with zero attached hydrogens (tertiary/aromatic N) is 1. The number of hydrogen-bond donors (Lipinski definition) is 0. The van der Waals surface area contributed by atoms with Gasteiger partial charge in [0.25, 0.3) is 0 Å². The summed E-state index contributed by atoms with van der Waals surface area (Å²) in [4.78, 5) is 0. The summed E-state index contributed by atoms with van der Waals surface area (Å²) in [5.74, 6) is 0. The topological polar surface area (TPSA) is 4.93 Å². The molecule has 10 heavy (non-hydrogen) atoms. The summed E-state index contributed by atoms with van der Waals surface area (Å²) in [5.41, 5.74) is 1.35. The third kappa shape index (κ3) is 1.29. The van der Waals surface area contributed by atoms with Crippen molar-refractivity contribution >= 4 is 5.70 Å². The molecular weight excluding hydrogens is 122 g/mol. The maximum atomic E-state index is 2.16. The lowest BCUT2D eigenvalue weighted by Crippen LogP contribution is -1.89. The largest absolute Gasteiger partial charge is 0.328 e. The van der Waals surface area contributed by atoms with E-state index in [-0.39, 0.29) is 0 Å². The second-order valence-electron chi connectivity index (χ2n) is 2.22. The summed E-state index contributed by atoms with van der Waals surface area (Å²) >= 11 is 0. The molecule has 0 aliphatic heterocycles. The quantitative estimate of drug-likeness (QED) is 0.587. The SMILES string of the molecule is C/C=C(\CC)n1cccc1. The van der Waals surface area contributed by atoms with Crippen molar-refractivity contribution in [3.8, 4) is 0 Å². The normalized spacial score (nSPS) is 12.0. The molecular formula is C9H13N. The molecule has 1 aromatic rings. The molecule has 0 saturated carbocycles. The van der Waals surface area contributed by atoms with Gasteiger partial charge in [-0.25, -0.2) is 0 Å². The van der Waals surface area contributed by atoms with Crippen LogP contribution in [0.1, 0.15) is 20.3 Å². The molecule has 1 nitrogen and oxygen atoms in total. The molecule has 0 aromatic carbocycles. The van der Waals surface area contributed by atoms with Crippen LogP contribution < -0.4 is 0 Å². The Morgan fingerprint density at radius 2 is 2.00 bits per heavy atom. The van der Waals surface area contributed by atoms with Crippen LogP contribution in [-0.2, 0) is 0 Å². The lowest BCUT2D eigenvalue weighted by atomic mass is 10.3. The van der Waals surface area contributed by atoms with Crippen LogP contribution in [0.3, 0.4) is 0 Å². The summed E-state index contributed by atoms with van der Waals surface area (Å²) in [6.07, 6.45) is 7.36. The predicted molar refractivity (Wildman–Crippen MR) is 44.7 cm³/mol. The first-order valence-electron chi connectivity index (χ1n) is 3.67. The number of rotatable bonds is 2. The lowest BCUT2D eigenvalue weighted by molar-refractivity contribution is 1.02. The van der Waals surface area contributed by atoms with Crippen molar-refractivity contribution in [3.63, 3.8) is 0 Å². The monoisotopic (exact) mass is 135 g/mol. The zero-order valence-corrected chi connectivity index (χ0v) is 6.54. The number of aromatic nitrogens is 1. The van der Waals surface area contributed by atoms with E-state index in [2.05, 4.69) is 36.9 Å². The first kappa shape index (κ1) is 7.13. The fourth-order valence-electron chi connectivity index (χ4n) is 1.06. The highest BCUT2D eigenvalue weighted by atomic mass is 14.9. The molecule has 0 saturated heterocycles. The average molecular weight is 135 g/mol. The second kappa shape index (κ2) is 3.25. The zero-order valence-electron chi connectivity index (χ0n) is 6.54. The van der Waals surface area contributed by atoms with Crippen molar-refractivity contribution in [2.45, 2.75) is 20.3 Å². The van der Waals surface area contributed by atoms with Crippen molar-refractivity contribution in [2.24, 2.45) is 0 Å². The Hall–Kier alpha value is -0.980. The molecule has 1 rings (SSSR count). The lowest BCUT2D eigenvalue weighted by Gasteiger charge is -2.03. The summed E-state index contributed by atoms with van der Waals surface area (Å²) in [5, 5.41) is 0. The van der Waals surface area contributed by atoms with Gasteiger partial charge in [0.2, 0.25) is 0 Å². The van der Waals surface area contributed by atoms with Gasteiger partial charge in [0.15, 0.2) is 0 Å². The van der Waals surface area contributed by atoms with E-state index >= 15 is 0 Å². The molecule has 0 fully saturated rings. The van der Waals surface area contributed by atoms with Gasteiger partial charge >= 0.3 is 0 Å². The summed E-state index contributed by atoms with van der Waals surface area (Å²) in [6, 6.07) is 4.08. The molecule has 0 atom stereocenters. The van der Waals surface area contributed by atoms with E-state index in [1.165, 1.54) is 5.70 Å². The number of hydrogen-bond acceptors (Lipinski definition) is 0. The van der Waals surface area contributed by atoms with E-state index in [0.29, 0.717) is 0 Å². The van der Waals surface area contributed by atoms with E-state index < -0.39 is 0 Å². The molecule has 0 radical (unpaired) electrons. The van der Waals surface area contributed by atoms with Gasteiger partial charge in [0, 0.05) is 18.1 Å². The van der Waals surface area contributed by atoms with Crippen LogP contribution in [0.2, 0.25) is 0 Å². The third-order valence-electron chi connectivity index (χ3n) is 1.63. The van der Waals surface area contributed by atoms with E-state index in [0.717, 1.165) is 6.42 Å². The van der Waals surface area contributed by atoms with Crippen molar-refractivity contribution < 1.29 is 0 Å². The van der Waals surface area contributed by atoms with Crippen LogP contribution in [0.25, 0.3) is 5.70 Å². The minimum absolute atomic E-state index is 1.09. The van der Waals surface area contributed by atoms with Crippen LogP contribution in [0.5, 0.6) is 0 Å². The van der Waals surface area contributed by atoms with Crippen molar-refractivity contribution in [1.29, 1.82) is 0 Å². The molecule has 1 aromatic heterocycles. The van der Waals surface area contributed by atoms with Gasteiger partial charge in [-0.1, -0.05) is 13.0 Å². The first-order chi connectivity index (χ1) is 4.88. The Morgan fingerprint density at radius 1 is 1.40 bits per heavy atom. The minimum atomic E-state index is 1.09. The average Bonchev–Trinajstić information content (AvgIpc) is 2.43. The number of allylic oxidation sites excluding steroid dienone is 2. The van der Waals surface area contributed by atoms with E-state index in [9.17, 15) is 0 Å². The first-order valence-corrected chi connectivity index (χ1v) is 3.67. The maximum Gasteiger partial charge on any atom is 0.0175 e. The molecule has 0 aliphatic rings. The fourth-order valence-corrected chi connectivity index (χ4v) is 1.06. The Bertz CT molecular complexity index is 207. The standard InChI is InChI=1S/C9H13N/c1-3-9(4-2)10-7-5-6-8-10/h3,5-8H,4H2,1-2H3/b9-3+. The van der Waals surface area contributed by atoms with Gasteiger partial charge in [-0.15, -0.1) is 0 Å². The van der Waals surface area contributed by atoms with Crippen LogP contribution in [0.4, 0.5) is 0 Å². The Labute approximate surface area is 62.0 Å². The molecule has 0 N–H and O–H groups in total. The third-order valence-corrected chi connectivity index (χ3v) is 1.63. The van der Waals surface area contributed by atoms with Crippen LogP contribution in [0, 0.1) is 0 Å². The molecule has 0 bridgehead atoms. The molecule has 0 aliphatic carbocycles. The van der Waals surface area contributed by atoms with Crippen LogP contribution in [-0.4, -0.2) is 4.57 Å². The Morgan fingerprint density at radius 3 is 2.40 bits per heavy atom.